The van der Waals surface area contributed by atoms with Crippen molar-refractivity contribution in [3.05, 3.63) is 34.1 Å². The van der Waals surface area contributed by atoms with E-state index in [-0.39, 0.29) is 17.2 Å². The van der Waals surface area contributed by atoms with Crippen molar-refractivity contribution < 1.29 is 9.53 Å². The van der Waals surface area contributed by atoms with Gasteiger partial charge in [0, 0.05) is 12.4 Å². The number of fused-ring (bicyclic) bond motifs is 1. The molecule has 0 amide bonds. The third-order valence-corrected chi connectivity index (χ3v) is 2.70. The van der Waals surface area contributed by atoms with E-state index in [4.69, 9.17) is 27.9 Å². The molecule has 0 aliphatic heterocycles. The molecular formula is C11H8Cl2N2O2. The Labute approximate surface area is 108 Å². The summed E-state index contributed by atoms with van der Waals surface area (Å²) in [5.74, 6) is -0.511. The smallest absolute Gasteiger partial charge is 0.341 e. The van der Waals surface area contributed by atoms with Crippen LogP contribution in [0, 0.1) is 0 Å². The fourth-order valence-corrected chi connectivity index (χ4v) is 1.79. The van der Waals surface area contributed by atoms with E-state index < -0.39 is 5.97 Å². The van der Waals surface area contributed by atoms with Crippen LogP contribution in [0.15, 0.2) is 18.5 Å². The minimum atomic E-state index is -0.511. The molecule has 88 valence electrons. The molecule has 0 atom stereocenters. The second-order valence-electron chi connectivity index (χ2n) is 3.23. The number of carbonyl (C=O) groups excluding carboxylic acids is 1. The summed E-state index contributed by atoms with van der Waals surface area (Å²) in [5.41, 5.74) is 1.17. The van der Waals surface area contributed by atoms with Gasteiger partial charge in [-0.1, -0.05) is 23.2 Å². The van der Waals surface area contributed by atoms with E-state index in [0.29, 0.717) is 16.1 Å². The lowest BCUT2D eigenvalue weighted by atomic mass is 10.2. The summed E-state index contributed by atoms with van der Waals surface area (Å²) in [6, 6.07) is 1.63. The molecule has 0 aliphatic carbocycles. The van der Waals surface area contributed by atoms with Crippen molar-refractivity contribution in [2.75, 3.05) is 6.61 Å². The summed E-state index contributed by atoms with van der Waals surface area (Å²) in [7, 11) is 0. The predicted octanol–water partition coefficient (Wildman–Crippen LogP) is 3.11. The molecule has 4 nitrogen and oxygen atoms in total. The molecule has 0 unspecified atom stereocenters. The summed E-state index contributed by atoms with van der Waals surface area (Å²) in [5, 5.41) is 0.690. The van der Waals surface area contributed by atoms with Gasteiger partial charge in [-0.2, -0.15) is 0 Å². The highest BCUT2D eigenvalue weighted by Gasteiger charge is 2.15. The average molecular weight is 271 g/mol. The van der Waals surface area contributed by atoms with Gasteiger partial charge >= 0.3 is 5.97 Å². The van der Waals surface area contributed by atoms with Gasteiger partial charge in [-0.05, 0) is 13.0 Å². The molecule has 6 heteroatoms. The SMILES string of the molecule is CCOC(=O)c1cnc2cc(Cl)cnc2c1Cl. The van der Waals surface area contributed by atoms with E-state index in [1.165, 1.54) is 12.4 Å². The Bertz CT molecular complexity index is 587. The lowest BCUT2D eigenvalue weighted by Gasteiger charge is -2.05. The van der Waals surface area contributed by atoms with Crippen LogP contribution >= 0.6 is 23.2 Å². The van der Waals surface area contributed by atoms with Crippen molar-refractivity contribution in [3.8, 4) is 0 Å². The highest BCUT2D eigenvalue weighted by atomic mass is 35.5. The molecule has 0 spiro atoms. The van der Waals surface area contributed by atoms with Crippen LogP contribution in [0.4, 0.5) is 0 Å². The maximum Gasteiger partial charge on any atom is 0.341 e. The number of halogens is 2. The first-order chi connectivity index (χ1) is 8.13. The molecule has 0 saturated heterocycles. The average Bonchev–Trinajstić information content (AvgIpc) is 2.29. The van der Waals surface area contributed by atoms with Crippen LogP contribution in [0.25, 0.3) is 11.0 Å². The summed E-state index contributed by atoms with van der Waals surface area (Å²) in [6.45, 7) is 2.00. The monoisotopic (exact) mass is 270 g/mol. The molecule has 2 rings (SSSR count). The van der Waals surface area contributed by atoms with Crippen LogP contribution in [0.5, 0.6) is 0 Å². The zero-order valence-electron chi connectivity index (χ0n) is 8.91. The number of ether oxygens (including phenoxy) is 1. The number of esters is 1. The van der Waals surface area contributed by atoms with Gasteiger partial charge in [-0.25, -0.2) is 4.79 Å². The van der Waals surface area contributed by atoms with Crippen LogP contribution in [0.3, 0.4) is 0 Å². The number of rotatable bonds is 2. The highest BCUT2D eigenvalue weighted by Crippen LogP contribution is 2.25. The van der Waals surface area contributed by atoms with Crippen molar-refractivity contribution >= 4 is 40.2 Å². The van der Waals surface area contributed by atoms with Crippen LogP contribution in [-0.4, -0.2) is 22.5 Å². The Kier molecular flexibility index (Phi) is 3.45. The molecule has 2 aromatic rings. The first-order valence-electron chi connectivity index (χ1n) is 4.90. The van der Waals surface area contributed by atoms with Gasteiger partial charge in [0.25, 0.3) is 0 Å². The van der Waals surface area contributed by atoms with E-state index in [2.05, 4.69) is 9.97 Å². The van der Waals surface area contributed by atoms with Gasteiger partial charge in [-0.3, -0.25) is 9.97 Å². The first-order valence-corrected chi connectivity index (χ1v) is 5.66. The number of nitrogens with zero attached hydrogens (tertiary/aromatic N) is 2. The van der Waals surface area contributed by atoms with Crippen LogP contribution in [0.2, 0.25) is 10.0 Å². The molecule has 2 aromatic heterocycles. The van der Waals surface area contributed by atoms with E-state index in [1.54, 1.807) is 13.0 Å². The normalized spacial score (nSPS) is 10.5. The summed E-state index contributed by atoms with van der Waals surface area (Å²) in [4.78, 5) is 19.7. The lowest BCUT2D eigenvalue weighted by Crippen LogP contribution is -2.06. The van der Waals surface area contributed by atoms with E-state index >= 15 is 0 Å². The number of carbonyl (C=O) groups is 1. The van der Waals surface area contributed by atoms with Gasteiger partial charge in [0.2, 0.25) is 0 Å². The van der Waals surface area contributed by atoms with Gasteiger partial charge < -0.3 is 4.74 Å². The third kappa shape index (κ3) is 2.33. The molecule has 0 aromatic carbocycles. The highest BCUT2D eigenvalue weighted by molar-refractivity contribution is 6.38. The zero-order valence-corrected chi connectivity index (χ0v) is 10.4. The van der Waals surface area contributed by atoms with E-state index in [0.717, 1.165) is 0 Å². The summed E-state index contributed by atoms with van der Waals surface area (Å²) < 4.78 is 4.86. The number of pyridine rings is 2. The second-order valence-corrected chi connectivity index (χ2v) is 4.04. The molecule has 2 heterocycles. The first kappa shape index (κ1) is 12.1. The van der Waals surface area contributed by atoms with Crippen molar-refractivity contribution in [1.82, 2.24) is 9.97 Å². The summed E-state index contributed by atoms with van der Waals surface area (Å²) in [6.07, 6.45) is 2.81. The molecule has 0 saturated carbocycles. The molecule has 0 bridgehead atoms. The predicted molar refractivity (Wildman–Crippen MR) is 65.5 cm³/mol. The molecule has 0 radical (unpaired) electrons. The lowest BCUT2D eigenvalue weighted by molar-refractivity contribution is 0.0526. The quantitative estimate of drug-likeness (QED) is 0.787. The van der Waals surface area contributed by atoms with Crippen molar-refractivity contribution in [1.29, 1.82) is 0 Å². The van der Waals surface area contributed by atoms with Gasteiger partial charge in [0.1, 0.15) is 5.52 Å². The van der Waals surface area contributed by atoms with Crippen LogP contribution in [0.1, 0.15) is 17.3 Å². The maximum atomic E-state index is 11.6. The van der Waals surface area contributed by atoms with Crippen LogP contribution < -0.4 is 0 Å². The molecule has 0 N–H and O–H groups in total. The Hall–Kier alpha value is -1.39. The summed E-state index contributed by atoms with van der Waals surface area (Å²) >= 11 is 11.9. The standard InChI is InChI=1S/C11H8Cl2N2O2/c1-2-17-11(16)7-5-14-8-3-6(12)4-15-10(8)9(7)13/h3-5H,2H2,1H3. The number of aromatic nitrogens is 2. The molecule has 0 aliphatic rings. The molecule has 17 heavy (non-hydrogen) atoms. The topological polar surface area (TPSA) is 52.1 Å². The Morgan fingerprint density at radius 3 is 2.82 bits per heavy atom. The van der Waals surface area contributed by atoms with Gasteiger partial charge in [0.05, 0.1) is 27.7 Å². The van der Waals surface area contributed by atoms with E-state index in [1.807, 2.05) is 0 Å². The van der Waals surface area contributed by atoms with Crippen LogP contribution in [-0.2, 0) is 4.74 Å². The number of hydrogen-bond donors (Lipinski definition) is 0. The largest absolute Gasteiger partial charge is 0.462 e. The fraction of sp³-hybridized carbons (Fsp3) is 0.182. The minimum Gasteiger partial charge on any atom is -0.462 e. The van der Waals surface area contributed by atoms with E-state index in [9.17, 15) is 4.79 Å². The van der Waals surface area contributed by atoms with Gasteiger partial charge in [0.15, 0.2) is 0 Å². The fourth-order valence-electron chi connectivity index (χ4n) is 1.37. The number of hydrogen-bond acceptors (Lipinski definition) is 4. The second kappa shape index (κ2) is 4.85. The Morgan fingerprint density at radius 2 is 2.12 bits per heavy atom. The van der Waals surface area contributed by atoms with Crippen molar-refractivity contribution in [3.63, 3.8) is 0 Å². The van der Waals surface area contributed by atoms with Crippen molar-refractivity contribution in [2.45, 2.75) is 6.92 Å². The molecule has 0 fully saturated rings. The Balaban J connectivity index is 2.58. The zero-order chi connectivity index (χ0) is 12.4. The molecular weight excluding hydrogens is 263 g/mol. The van der Waals surface area contributed by atoms with Gasteiger partial charge in [-0.15, -0.1) is 0 Å². The third-order valence-electron chi connectivity index (χ3n) is 2.11. The maximum absolute atomic E-state index is 11.6. The Morgan fingerprint density at radius 1 is 1.35 bits per heavy atom. The van der Waals surface area contributed by atoms with Crippen molar-refractivity contribution in [2.24, 2.45) is 0 Å². The minimum absolute atomic E-state index is 0.204.